The number of carbonyl (C=O) groups excluding carboxylic acids is 1. The molecule has 128 valence electrons. The molecule has 1 saturated heterocycles. The van der Waals surface area contributed by atoms with E-state index in [1.807, 2.05) is 6.08 Å². The molecule has 0 aliphatic carbocycles. The monoisotopic (exact) mass is 343 g/mol. The number of hydrogen-bond acceptors (Lipinski definition) is 4. The van der Waals surface area contributed by atoms with E-state index in [4.69, 9.17) is 0 Å². The number of rotatable bonds is 1. The second-order valence-corrected chi connectivity index (χ2v) is 8.48. The molecular weight excluding hydrogens is 318 g/mol. The van der Waals surface area contributed by atoms with Crippen LogP contribution >= 0.6 is 11.8 Å². The maximum Gasteiger partial charge on any atom is 0.286 e. The Kier molecular flexibility index (Phi) is 4.83. The van der Waals surface area contributed by atoms with Crippen LogP contribution in [0, 0.1) is 0 Å². The van der Waals surface area contributed by atoms with Crippen LogP contribution in [0.25, 0.3) is 6.08 Å². The molecule has 0 saturated carbocycles. The molecular formula is C19H25N3OS. The van der Waals surface area contributed by atoms with Crippen molar-refractivity contribution in [1.82, 2.24) is 9.80 Å². The van der Waals surface area contributed by atoms with Gasteiger partial charge in [0.2, 0.25) is 0 Å². The van der Waals surface area contributed by atoms with E-state index < -0.39 is 0 Å². The molecule has 2 heterocycles. The van der Waals surface area contributed by atoms with E-state index in [1.54, 1.807) is 0 Å². The van der Waals surface area contributed by atoms with Gasteiger partial charge in [-0.05, 0) is 41.4 Å². The summed E-state index contributed by atoms with van der Waals surface area (Å²) in [7, 11) is 2.12. The Balaban J connectivity index is 1.70. The zero-order valence-corrected chi connectivity index (χ0v) is 15.7. The van der Waals surface area contributed by atoms with Crippen LogP contribution in [-0.2, 0) is 10.2 Å². The summed E-state index contributed by atoms with van der Waals surface area (Å²) in [5.74, 6) is -0.117. The highest BCUT2D eigenvalue weighted by molar-refractivity contribution is 8.18. The van der Waals surface area contributed by atoms with E-state index in [0.29, 0.717) is 4.91 Å². The minimum Gasteiger partial charge on any atom is -0.348 e. The molecule has 24 heavy (non-hydrogen) atoms. The summed E-state index contributed by atoms with van der Waals surface area (Å²) in [4.78, 5) is 21.7. The number of nitrogens with zero attached hydrogens (tertiary/aromatic N) is 3. The third-order valence-electron chi connectivity index (χ3n) is 4.46. The summed E-state index contributed by atoms with van der Waals surface area (Å²) in [6.07, 6.45) is 1.95. The molecule has 1 amide bonds. The summed E-state index contributed by atoms with van der Waals surface area (Å²) in [5.41, 5.74) is 2.49. The Morgan fingerprint density at radius 3 is 2.29 bits per heavy atom. The van der Waals surface area contributed by atoms with Gasteiger partial charge in [0.15, 0.2) is 5.17 Å². The zero-order chi connectivity index (χ0) is 17.3. The van der Waals surface area contributed by atoms with E-state index in [1.165, 1.54) is 17.3 Å². The van der Waals surface area contributed by atoms with Crippen molar-refractivity contribution in [3.63, 3.8) is 0 Å². The fraction of sp³-hybridized carbons (Fsp3) is 0.474. The van der Waals surface area contributed by atoms with E-state index in [9.17, 15) is 4.79 Å². The van der Waals surface area contributed by atoms with Crippen molar-refractivity contribution in [2.24, 2.45) is 4.99 Å². The molecule has 0 radical (unpaired) electrons. The number of amidine groups is 1. The quantitative estimate of drug-likeness (QED) is 0.734. The highest BCUT2D eigenvalue weighted by Crippen LogP contribution is 2.31. The Morgan fingerprint density at radius 2 is 1.71 bits per heavy atom. The third kappa shape index (κ3) is 3.90. The predicted molar refractivity (Wildman–Crippen MR) is 102 cm³/mol. The van der Waals surface area contributed by atoms with Crippen molar-refractivity contribution in [2.45, 2.75) is 26.2 Å². The Hall–Kier alpha value is -1.59. The van der Waals surface area contributed by atoms with Gasteiger partial charge < -0.3 is 9.80 Å². The number of thioether (sulfide) groups is 1. The summed E-state index contributed by atoms with van der Waals surface area (Å²) < 4.78 is 0. The number of carbonyl (C=O) groups is 1. The van der Waals surface area contributed by atoms with Gasteiger partial charge in [0.1, 0.15) is 0 Å². The van der Waals surface area contributed by atoms with Crippen molar-refractivity contribution < 1.29 is 4.79 Å². The molecule has 0 aromatic heterocycles. The van der Waals surface area contributed by atoms with Crippen LogP contribution in [0.5, 0.6) is 0 Å². The number of aliphatic imine (C=N–C) groups is 1. The lowest BCUT2D eigenvalue weighted by Gasteiger charge is -2.32. The van der Waals surface area contributed by atoms with Crippen LogP contribution in [0.15, 0.2) is 34.2 Å². The van der Waals surface area contributed by atoms with Crippen molar-refractivity contribution in [3.8, 4) is 0 Å². The minimum atomic E-state index is -0.117. The first-order valence-electron chi connectivity index (χ1n) is 8.39. The van der Waals surface area contributed by atoms with Crippen LogP contribution in [0.4, 0.5) is 0 Å². The van der Waals surface area contributed by atoms with Gasteiger partial charge in [0.25, 0.3) is 5.91 Å². The molecule has 0 bridgehead atoms. The molecule has 3 rings (SSSR count). The Bertz CT molecular complexity index is 678. The van der Waals surface area contributed by atoms with E-state index in [-0.39, 0.29) is 11.3 Å². The van der Waals surface area contributed by atoms with Crippen LogP contribution in [0.1, 0.15) is 31.9 Å². The first-order chi connectivity index (χ1) is 11.3. The van der Waals surface area contributed by atoms with Crippen molar-refractivity contribution >= 4 is 28.9 Å². The van der Waals surface area contributed by atoms with Crippen LogP contribution in [-0.4, -0.2) is 54.1 Å². The number of piperazine rings is 1. The third-order valence-corrected chi connectivity index (χ3v) is 5.50. The van der Waals surface area contributed by atoms with Crippen molar-refractivity contribution in [1.29, 1.82) is 0 Å². The molecule has 0 unspecified atom stereocenters. The zero-order valence-electron chi connectivity index (χ0n) is 14.9. The highest BCUT2D eigenvalue weighted by atomic mass is 32.2. The number of amides is 1. The number of likely N-dealkylation sites (N-methyl/N-ethyl adjacent to an activating group) is 1. The summed E-state index contributed by atoms with van der Waals surface area (Å²) in [5, 5.41) is 0.852. The molecule has 5 heteroatoms. The second kappa shape index (κ2) is 6.73. The van der Waals surface area contributed by atoms with Crippen molar-refractivity contribution in [3.05, 3.63) is 40.3 Å². The fourth-order valence-corrected chi connectivity index (χ4v) is 3.73. The van der Waals surface area contributed by atoms with Crippen LogP contribution in [0.3, 0.4) is 0 Å². The molecule has 1 fully saturated rings. The van der Waals surface area contributed by atoms with Gasteiger partial charge >= 0.3 is 0 Å². The van der Waals surface area contributed by atoms with E-state index in [0.717, 1.165) is 36.9 Å². The maximum atomic E-state index is 12.2. The molecule has 4 nitrogen and oxygen atoms in total. The highest BCUT2D eigenvalue weighted by Gasteiger charge is 2.27. The summed E-state index contributed by atoms with van der Waals surface area (Å²) in [6.45, 7) is 10.5. The molecule has 2 aliphatic heterocycles. The van der Waals surface area contributed by atoms with Gasteiger partial charge in [-0.25, -0.2) is 0 Å². The predicted octanol–water partition coefficient (Wildman–Crippen LogP) is 3.20. The van der Waals surface area contributed by atoms with Gasteiger partial charge in [-0.1, -0.05) is 45.0 Å². The SMILES string of the molecule is CN1CCN(C2=NC(=O)C(=Cc3ccc(C(C)(C)C)cc3)S2)CC1. The first-order valence-corrected chi connectivity index (χ1v) is 9.21. The smallest absolute Gasteiger partial charge is 0.286 e. The van der Waals surface area contributed by atoms with Gasteiger partial charge in [-0.2, -0.15) is 4.99 Å². The lowest BCUT2D eigenvalue weighted by molar-refractivity contribution is -0.113. The maximum absolute atomic E-state index is 12.2. The lowest BCUT2D eigenvalue weighted by Crippen LogP contribution is -2.46. The van der Waals surface area contributed by atoms with E-state index >= 15 is 0 Å². The average Bonchev–Trinajstić information content (AvgIpc) is 2.89. The van der Waals surface area contributed by atoms with Gasteiger partial charge in [0.05, 0.1) is 4.91 Å². The Labute approximate surface area is 148 Å². The second-order valence-electron chi connectivity index (χ2n) is 7.47. The van der Waals surface area contributed by atoms with Crippen LogP contribution in [0.2, 0.25) is 0 Å². The van der Waals surface area contributed by atoms with Gasteiger partial charge in [0, 0.05) is 26.2 Å². The topological polar surface area (TPSA) is 35.9 Å². The summed E-state index contributed by atoms with van der Waals surface area (Å²) >= 11 is 1.50. The van der Waals surface area contributed by atoms with Crippen LogP contribution < -0.4 is 0 Å². The normalized spacial score (nSPS) is 21.5. The lowest BCUT2D eigenvalue weighted by atomic mass is 9.87. The van der Waals surface area contributed by atoms with Gasteiger partial charge in [-0.3, -0.25) is 4.79 Å². The fourth-order valence-electron chi connectivity index (χ4n) is 2.76. The van der Waals surface area contributed by atoms with Gasteiger partial charge in [-0.15, -0.1) is 0 Å². The number of benzene rings is 1. The molecule has 1 aromatic rings. The van der Waals surface area contributed by atoms with E-state index in [2.05, 4.69) is 66.9 Å². The molecule has 0 spiro atoms. The standard InChI is InChI=1S/C19H25N3OS/c1-19(2,3)15-7-5-14(6-8-15)13-16-17(23)20-18(24-16)22-11-9-21(4)10-12-22/h5-8,13H,9-12H2,1-4H3. The largest absolute Gasteiger partial charge is 0.348 e. The Morgan fingerprint density at radius 1 is 1.08 bits per heavy atom. The number of hydrogen-bond donors (Lipinski definition) is 0. The first kappa shape index (κ1) is 17.2. The molecule has 0 atom stereocenters. The molecule has 2 aliphatic rings. The van der Waals surface area contributed by atoms with Crippen molar-refractivity contribution in [2.75, 3.05) is 33.2 Å². The summed E-state index contributed by atoms with van der Waals surface area (Å²) in [6, 6.07) is 8.43. The molecule has 1 aromatic carbocycles. The average molecular weight is 343 g/mol. The minimum absolute atomic E-state index is 0.117. The molecule has 0 N–H and O–H groups in total.